The highest BCUT2D eigenvalue weighted by Gasteiger charge is 2.32. The number of ether oxygens (including phenoxy) is 2. The third kappa shape index (κ3) is 3.09. The van der Waals surface area contributed by atoms with Crippen molar-refractivity contribution in [3.05, 3.63) is 23.8 Å². The Morgan fingerprint density at radius 3 is 2.52 bits per heavy atom. The molecule has 0 spiro atoms. The first kappa shape index (κ1) is 15.2. The van der Waals surface area contributed by atoms with Crippen LogP contribution >= 0.6 is 0 Å². The van der Waals surface area contributed by atoms with E-state index >= 15 is 0 Å². The van der Waals surface area contributed by atoms with Crippen molar-refractivity contribution in [2.24, 2.45) is 0 Å². The van der Waals surface area contributed by atoms with Crippen LogP contribution in [0.25, 0.3) is 0 Å². The number of methoxy groups -OCH3 is 2. The van der Waals surface area contributed by atoms with Gasteiger partial charge in [-0.15, -0.1) is 0 Å². The van der Waals surface area contributed by atoms with E-state index in [0.717, 1.165) is 12.8 Å². The molecule has 21 heavy (non-hydrogen) atoms. The zero-order valence-electron chi connectivity index (χ0n) is 12.2. The van der Waals surface area contributed by atoms with Gasteiger partial charge >= 0.3 is 5.97 Å². The molecule has 1 aromatic rings. The molecule has 0 bridgehead atoms. The molecule has 0 saturated carbocycles. The van der Waals surface area contributed by atoms with Gasteiger partial charge in [-0.1, -0.05) is 0 Å². The smallest absolute Gasteiger partial charge is 0.326 e. The lowest BCUT2D eigenvalue weighted by Crippen LogP contribution is -2.47. The summed E-state index contributed by atoms with van der Waals surface area (Å²) in [7, 11) is 3.01. The molecule has 1 saturated heterocycles. The molecule has 1 aliphatic rings. The monoisotopic (exact) mass is 293 g/mol. The standard InChI is InChI=1S/C15H19NO5/c1-20-12-7-6-10(9-13(12)21-2)14(17)16-8-4-3-5-11(16)15(18)19/h6-7,9,11H,3-5,8H2,1-2H3,(H,18,19)/t11-/m0/s1. The number of carboxylic acid groups (broad SMARTS) is 1. The number of hydrogen-bond acceptors (Lipinski definition) is 4. The number of benzene rings is 1. The Kier molecular flexibility index (Phi) is 4.67. The van der Waals surface area contributed by atoms with Crippen molar-refractivity contribution in [1.82, 2.24) is 4.90 Å². The highest BCUT2D eigenvalue weighted by atomic mass is 16.5. The summed E-state index contributed by atoms with van der Waals surface area (Å²) in [5, 5.41) is 9.25. The Hall–Kier alpha value is -2.24. The Bertz CT molecular complexity index is 543. The van der Waals surface area contributed by atoms with Gasteiger partial charge < -0.3 is 19.5 Å². The molecule has 1 aliphatic heterocycles. The van der Waals surface area contributed by atoms with Crippen LogP contribution in [-0.2, 0) is 4.79 Å². The molecule has 1 aromatic carbocycles. The second-order valence-electron chi connectivity index (χ2n) is 4.92. The van der Waals surface area contributed by atoms with Gasteiger partial charge in [0.05, 0.1) is 14.2 Å². The molecule has 6 heteroatoms. The van der Waals surface area contributed by atoms with Crippen molar-refractivity contribution in [3.63, 3.8) is 0 Å². The molecule has 1 heterocycles. The van der Waals surface area contributed by atoms with Crippen molar-refractivity contribution in [3.8, 4) is 11.5 Å². The lowest BCUT2D eigenvalue weighted by atomic mass is 10.0. The number of carboxylic acids is 1. The minimum absolute atomic E-state index is 0.289. The number of carbonyl (C=O) groups excluding carboxylic acids is 1. The van der Waals surface area contributed by atoms with Crippen molar-refractivity contribution < 1.29 is 24.2 Å². The Morgan fingerprint density at radius 2 is 1.90 bits per heavy atom. The first-order valence-corrected chi connectivity index (χ1v) is 6.84. The fourth-order valence-corrected chi connectivity index (χ4v) is 2.57. The molecule has 0 radical (unpaired) electrons. The van der Waals surface area contributed by atoms with Gasteiger partial charge in [-0.3, -0.25) is 4.79 Å². The van der Waals surface area contributed by atoms with Gasteiger partial charge in [0, 0.05) is 12.1 Å². The minimum Gasteiger partial charge on any atom is -0.493 e. The normalized spacial score (nSPS) is 18.2. The molecule has 0 aromatic heterocycles. The second-order valence-corrected chi connectivity index (χ2v) is 4.92. The number of likely N-dealkylation sites (tertiary alicyclic amines) is 1. The summed E-state index contributed by atoms with van der Waals surface area (Å²) in [6.45, 7) is 0.462. The average molecular weight is 293 g/mol. The van der Waals surface area contributed by atoms with Crippen LogP contribution in [0.3, 0.4) is 0 Å². The average Bonchev–Trinajstić information content (AvgIpc) is 2.53. The van der Waals surface area contributed by atoms with Crippen LogP contribution in [0.4, 0.5) is 0 Å². The van der Waals surface area contributed by atoms with Crippen molar-refractivity contribution in [2.75, 3.05) is 20.8 Å². The molecule has 1 amide bonds. The van der Waals surface area contributed by atoms with E-state index in [-0.39, 0.29) is 5.91 Å². The summed E-state index contributed by atoms with van der Waals surface area (Å²) < 4.78 is 10.3. The van der Waals surface area contributed by atoms with E-state index in [1.165, 1.54) is 19.1 Å². The molecule has 114 valence electrons. The highest BCUT2D eigenvalue weighted by molar-refractivity contribution is 5.97. The van der Waals surface area contributed by atoms with E-state index in [9.17, 15) is 14.7 Å². The maximum Gasteiger partial charge on any atom is 0.326 e. The van der Waals surface area contributed by atoms with Gasteiger partial charge in [0.2, 0.25) is 0 Å². The van der Waals surface area contributed by atoms with E-state index in [2.05, 4.69) is 0 Å². The predicted octanol–water partition coefficient (Wildman–Crippen LogP) is 1.78. The zero-order valence-corrected chi connectivity index (χ0v) is 12.2. The number of piperidine rings is 1. The SMILES string of the molecule is COc1ccc(C(=O)N2CCCC[C@H]2C(=O)O)cc1OC. The van der Waals surface area contributed by atoms with Gasteiger partial charge in [-0.05, 0) is 37.5 Å². The van der Waals surface area contributed by atoms with Gasteiger partial charge in [0.25, 0.3) is 5.91 Å². The second kappa shape index (κ2) is 6.47. The van der Waals surface area contributed by atoms with E-state index < -0.39 is 12.0 Å². The predicted molar refractivity (Wildman–Crippen MR) is 75.9 cm³/mol. The van der Waals surface area contributed by atoms with Crippen LogP contribution in [0.15, 0.2) is 18.2 Å². The van der Waals surface area contributed by atoms with Gasteiger partial charge in [0.15, 0.2) is 11.5 Å². The lowest BCUT2D eigenvalue weighted by Gasteiger charge is -2.33. The molecule has 6 nitrogen and oxygen atoms in total. The largest absolute Gasteiger partial charge is 0.493 e. The summed E-state index contributed by atoms with van der Waals surface area (Å²) in [5.41, 5.74) is 0.404. The maximum absolute atomic E-state index is 12.5. The van der Waals surface area contributed by atoms with Crippen LogP contribution < -0.4 is 9.47 Å². The first-order chi connectivity index (χ1) is 10.1. The number of rotatable bonds is 4. The van der Waals surface area contributed by atoms with Crippen molar-refractivity contribution >= 4 is 11.9 Å². The van der Waals surface area contributed by atoms with E-state index in [1.807, 2.05) is 0 Å². The molecular weight excluding hydrogens is 274 g/mol. The van der Waals surface area contributed by atoms with Gasteiger partial charge in [-0.2, -0.15) is 0 Å². The van der Waals surface area contributed by atoms with Crippen LogP contribution in [0, 0.1) is 0 Å². The third-order valence-corrected chi connectivity index (χ3v) is 3.68. The topological polar surface area (TPSA) is 76.1 Å². The number of aliphatic carboxylic acids is 1. The van der Waals surface area contributed by atoms with E-state index in [0.29, 0.717) is 30.0 Å². The van der Waals surface area contributed by atoms with Crippen molar-refractivity contribution in [1.29, 1.82) is 0 Å². The van der Waals surface area contributed by atoms with Crippen molar-refractivity contribution in [2.45, 2.75) is 25.3 Å². The summed E-state index contributed by atoms with van der Waals surface area (Å²) in [6, 6.07) is 4.09. The molecule has 1 atom stereocenters. The Balaban J connectivity index is 2.28. The maximum atomic E-state index is 12.5. The molecular formula is C15H19NO5. The number of nitrogens with zero attached hydrogens (tertiary/aromatic N) is 1. The Labute approximate surface area is 123 Å². The third-order valence-electron chi connectivity index (χ3n) is 3.68. The molecule has 0 aliphatic carbocycles. The number of amides is 1. The zero-order chi connectivity index (χ0) is 15.4. The number of carbonyl (C=O) groups is 2. The highest BCUT2D eigenvalue weighted by Crippen LogP contribution is 2.29. The van der Waals surface area contributed by atoms with Crippen LogP contribution in [0.2, 0.25) is 0 Å². The van der Waals surface area contributed by atoms with E-state index in [1.54, 1.807) is 18.2 Å². The first-order valence-electron chi connectivity index (χ1n) is 6.84. The van der Waals surface area contributed by atoms with E-state index in [4.69, 9.17) is 9.47 Å². The number of hydrogen-bond donors (Lipinski definition) is 1. The summed E-state index contributed by atoms with van der Waals surface area (Å²) in [6.07, 6.45) is 2.14. The quantitative estimate of drug-likeness (QED) is 0.915. The van der Waals surface area contributed by atoms with Crippen LogP contribution in [0.1, 0.15) is 29.6 Å². The fourth-order valence-electron chi connectivity index (χ4n) is 2.57. The molecule has 2 rings (SSSR count). The van der Waals surface area contributed by atoms with Gasteiger partial charge in [-0.25, -0.2) is 4.79 Å². The molecule has 1 fully saturated rings. The van der Waals surface area contributed by atoms with Gasteiger partial charge in [0.1, 0.15) is 6.04 Å². The van der Waals surface area contributed by atoms with Crippen LogP contribution in [-0.4, -0.2) is 48.7 Å². The summed E-state index contributed by atoms with van der Waals surface area (Å²) >= 11 is 0. The Morgan fingerprint density at radius 1 is 1.19 bits per heavy atom. The minimum atomic E-state index is -0.955. The van der Waals surface area contributed by atoms with Crippen LogP contribution in [0.5, 0.6) is 11.5 Å². The lowest BCUT2D eigenvalue weighted by molar-refractivity contribution is -0.143. The summed E-state index contributed by atoms with van der Waals surface area (Å²) in [5.74, 6) is -0.263. The molecule has 0 unspecified atom stereocenters. The molecule has 1 N–H and O–H groups in total. The summed E-state index contributed by atoms with van der Waals surface area (Å²) in [4.78, 5) is 25.3. The fraction of sp³-hybridized carbons (Fsp3) is 0.467.